The SMILES string of the molecule is COc1ccc(NC[C@@H](CCN=C(N)N)NCc2ccc(-n3cc4cc(-c5cc(CCCC(C)C)cc(Cl)c5F)[nH]c4nc3=O)cc2)nn1. The van der Waals surface area contributed by atoms with Crippen LogP contribution in [0.4, 0.5) is 10.2 Å². The number of hydrogen-bond acceptors (Lipinski definition) is 8. The molecule has 5 aromatic rings. The molecule has 0 aliphatic heterocycles. The number of aliphatic imine (C=N–C) groups is 1. The van der Waals surface area contributed by atoms with Crippen molar-refractivity contribution in [3.63, 3.8) is 0 Å². The second-order valence-electron chi connectivity index (χ2n) is 12.3. The lowest BCUT2D eigenvalue weighted by Crippen LogP contribution is -2.36. The summed E-state index contributed by atoms with van der Waals surface area (Å²) in [6.07, 6.45) is 5.24. The van der Waals surface area contributed by atoms with E-state index in [-0.39, 0.29) is 17.0 Å². The highest BCUT2D eigenvalue weighted by atomic mass is 35.5. The first-order valence-electron chi connectivity index (χ1n) is 16.2. The maximum absolute atomic E-state index is 15.2. The largest absolute Gasteiger partial charge is 0.480 e. The molecule has 0 aliphatic carbocycles. The van der Waals surface area contributed by atoms with Crippen molar-refractivity contribution in [3.8, 4) is 22.8 Å². The van der Waals surface area contributed by atoms with Gasteiger partial charge in [0.1, 0.15) is 11.5 Å². The Morgan fingerprint density at radius 1 is 1.08 bits per heavy atom. The van der Waals surface area contributed by atoms with E-state index in [1.165, 1.54) is 11.7 Å². The van der Waals surface area contributed by atoms with Gasteiger partial charge in [-0.25, -0.2) is 9.18 Å². The number of rotatable bonds is 16. The van der Waals surface area contributed by atoms with Gasteiger partial charge in [-0.2, -0.15) is 4.98 Å². The number of nitrogens with zero attached hydrogens (tertiary/aromatic N) is 5. The van der Waals surface area contributed by atoms with Crippen LogP contribution in [0.1, 0.15) is 44.2 Å². The number of fused-ring (bicyclic) bond motifs is 1. The van der Waals surface area contributed by atoms with E-state index < -0.39 is 11.5 Å². The second-order valence-corrected chi connectivity index (χ2v) is 12.7. The van der Waals surface area contributed by atoms with Crippen LogP contribution in [-0.4, -0.2) is 56.9 Å². The van der Waals surface area contributed by atoms with E-state index in [2.05, 4.69) is 49.6 Å². The number of methoxy groups -OCH3 is 1. The molecule has 7 N–H and O–H groups in total. The Kier molecular flexibility index (Phi) is 11.8. The molecular formula is C35H42ClFN10O2. The zero-order valence-electron chi connectivity index (χ0n) is 27.8. The highest BCUT2D eigenvalue weighted by Gasteiger charge is 2.16. The van der Waals surface area contributed by atoms with Gasteiger partial charge in [0, 0.05) is 48.9 Å². The van der Waals surface area contributed by atoms with Crippen molar-refractivity contribution in [3.05, 3.63) is 93.2 Å². The molecule has 49 heavy (non-hydrogen) atoms. The van der Waals surface area contributed by atoms with Crippen LogP contribution in [0, 0.1) is 11.7 Å². The smallest absolute Gasteiger partial charge is 0.354 e. The normalized spacial score (nSPS) is 12.0. The average Bonchev–Trinajstić information content (AvgIpc) is 3.49. The minimum atomic E-state index is -0.510. The fraction of sp³-hybridized carbons (Fsp3) is 0.343. The van der Waals surface area contributed by atoms with Crippen molar-refractivity contribution in [2.45, 2.75) is 52.1 Å². The molecule has 14 heteroatoms. The summed E-state index contributed by atoms with van der Waals surface area (Å²) < 4.78 is 21.7. The zero-order valence-corrected chi connectivity index (χ0v) is 28.6. The summed E-state index contributed by atoms with van der Waals surface area (Å²) >= 11 is 6.29. The van der Waals surface area contributed by atoms with Crippen molar-refractivity contribution < 1.29 is 9.13 Å². The Labute approximate surface area is 289 Å². The van der Waals surface area contributed by atoms with Gasteiger partial charge < -0.3 is 31.8 Å². The summed E-state index contributed by atoms with van der Waals surface area (Å²) in [5, 5.41) is 15.6. The molecular weight excluding hydrogens is 647 g/mol. The minimum Gasteiger partial charge on any atom is -0.480 e. The van der Waals surface area contributed by atoms with Crippen molar-refractivity contribution in [1.29, 1.82) is 0 Å². The van der Waals surface area contributed by atoms with Gasteiger partial charge in [-0.3, -0.25) is 9.56 Å². The van der Waals surface area contributed by atoms with E-state index in [0.29, 0.717) is 71.6 Å². The number of nitrogens with two attached hydrogens (primary N) is 2. The number of halogens is 2. The molecule has 3 aromatic heterocycles. The Balaban J connectivity index is 1.28. The zero-order chi connectivity index (χ0) is 34.9. The number of aromatic amines is 1. The highest BCUT2D eigenvalue weighted by molar-refractivity contribution is 6.31. The molecule has 3 heterocycles. The number of benzene rings is 2. The number of aromatic nitrogens is 5. The van der Waals surface area contributed by atoms with E-state index in [4.69, 9.17) is 27.8 Å². The molecule has 0 saturated carbocycles. The Bertz CT molecular complexity index is 1940. The first-order chi connectivity index (χ1) is 23.6. The van der Waals surface area contributed by atoms with Gasteiger partial charge in [0.25, 0.3) is 0 Å². The second kappa shape index (κ2) is 16.4. The van der Waals surface area contributed by atoms with Crippen molar-refractivity contribution >= 4 is 34.4 Å². The number of ether oxygens (including phenoxy) is 1. The van der Waals surface area contributed by atoms with Gasteiger partial charge in [0.2, 0.25) is 5.88 Å². The fourth-order valence-corrected chi connectivity index (χ4v) is 5.68. The lowest BCUT2D eigenvalue weighted by molar-refractivity contribution is 0.392. The Morgan fingerprint density at radius 2 is 1.88 bits per heavy atom. The van der Waals surface area contributed by atoms with E-state index in [1.807, 2.05) is 30.3 Å². The first-order valence-corrected chi connectivity index (χ1v) is 16.6. The van der Waals surface area contributed by atoms with Gasteiger partial charge >= 0.3 is 5.69 Å². The summed E-state index contributed by atoms with van der Waals surface area (Å²) in [7, 11) is 1.54. The molecule has 1 atom stereocenters. The van der Waals surface area contributed by atoms with Crippen molar-refractivity contribution in [2.75, 3.05) is 25.5 Å². The third-order valence-electron chi connectivity index (χ3n) is 8.09. The molecule has 258 valence electrons. The topological polar surface area (TPSA) is 174 Å². The van der Waals surface area contributed by atoms with Crippen molar-refractivity contribution in [1.82, 2.24) is 30.0 Å². The van der Waals surface area contributed by atoms with E-state index >= 15 is 4.39 Å². The molecule has 0 fully saturated rings. The Hall–Kier alpha value is -5.01. The lowest BCUT2D eigenvalue weighted by atomic mass is 10.00. The molecule has 0 bridgehead atoms. The summed E-state index contributed by atoms with van der Waals surface area (Å²) in [5.41, 5.74) is 14.4. The van der Waals surface area contributed by atoms with Crippen LogP contribution in [0.2, 0.25) is 5.02 Å². The van der Waals surface area contributed by atoms with E-state index in [1.54, 1.807) is 30.5 Å². The van der Waals surface area contributed by atoms with Crippen LogP contribution in [0.15, 0.2) is 70.6 Å². The van der Waals surface area contributed by atoms with Crippen LogP contribution >= 0.6 is 11.6 Å². The summed E-state index contributed by atoms with van der Waals surface area (Å²) in [6, 6.07) is 16.4. The van der Waals surface area contributed by atoms with Crippen LogP contribution in [0.3, 0.4) is 0 Å². The van der Waals surface area contributed by atoms with E-state index in [9.17, 15) is 4.79 Å². The molecule has 2 aromatic carbocycles. The Morgan fingerprint density at radius 3 is 2.57 bits per heavy atom. The van der Waals surface area contributed by atoms with Crippen LogP contribution in [-0.2, 0) is 13.0 Å². The first kappa shape index (κ1) is 35.3. The molecule has 0 amide bonds. The third-order valence-corrected chi connectivity index (χ3v) is 8.37. The van der Waals surface area contributed by atoms with Gasteiger partial charge in [-0.1, -0.05) is 44.0 Å². The van der Waals surface area contributed by atoms with Gasteiger partial charge in [-0.15, -0.1) is 10.2 Å². The quantitative estimate of drug-likeness (QED) is 0.0691. The van der Waals surface area contributed by atoms with Gasteiger partial charge in [0.15, 0.2) is 11.8 Å². The average molecular weight is 689 g/mol. The standard InChI is InChI=1S/C35H42ClFN10O2/c1-21(2)5-4-6-23-15-27(32(37)28(36)16-23)29-17-24-20-47(35(48)44-33(24)43-29)26-9-7-22(8-10-26)18-41-25(13-14-40-34(38)39)19-42-30-11-12-31(49-3)46-45-30/h7-12,15-17,20-21,25,41H,4-6,13-14,18-19H2,1-3H3,(H,42,45)(H4,38,39,40)(H,43,44,48)/t25-/m1/s1. The number of aryl methyl sites for hydroxylation is 1. The fourth-order valence-electron chi connectivity index (χ4n) is 5.44. The van der Waals surface area contributed by atoms with Crippen LogP contribution in [0.5, 0.6) is 5.88 Å². The molecule has 0 radical (unpaired) electrons. The molecule has 12 nitrogen and oxygen atoms in total. The van der Waals surface area contributed by atoms with Crippen molar-refractivity contribution in [2.24, 2.45) is 22.4 Å². The number of guanidine groups is 1. The predicted molar refractivity (Wildman–Crippen MR) is 193 cm³/mol. The third kappa shape index (κ3) is 9.55. The number of H-pyrrole nitrogens is 1. The summed E-state index contributed by atoms with van der Waals surface area (Å²) in [4.78, 5) is 24.6. The van der Waals surface area contributed by atoms with E-state index in [0.717, 1.165) is 30.4 Å². The lowest BCUT2D eigenvalue weighted by Gasteiger charge is -2.19. The minimum absolute atomic E-state index is 0.00384. The van der Waals surface area contributed by atoms with Crippen LogP contribution < -0.4 is 32.5 Å². The molecule has 0 unspecified atom stereocenters. The van der Waals surface area contributed by atoms with Gasteiger partial charge in [-0.05, 0) is 72.7 Å². The molecule has 5 rings (SSSR count). The molecule has 0 saturated heterocycles. The highest BCUT2D eigenvalue weighted by Crippen LogP contribution is 2.31. The number of hydrogen-bond donors (Lipinski definition) is 5. The summed E-state index contributed by atoms with van der Waals surface area (Å²) in [5.74, 6) is 1.17. The predicted octanol–water partition coefficient (Wildman–Crippen LogP) is 5.18. The maximum atomic E-state index is 15.2. The summed E-state index contributed by atoms with van der Waals surface area (Å²) in [6.45, 7) is 5.93. The van der Waals surface area contributed by atoms with Crippen LogP contribution in [0.25, 0.3) is 28.0 Å². The molecule has 0 aliphatic rings. The molecule has 0 spiro atoms. The maximum Gasteiger partial charge on any atom is 0.354 e. The number of anilines is 1. The van der Waals surface area contributed by atoms with Gasteiger partial charge in [0.05, 0.1) is 23.5 Å². The monoisotopic (exact) mass is 688 g/mol. The number of nitrogens with one attached hydrogen (secondary N) is 3.